The van der Waals surface area contributed by atoms with E-state index in [4.69, 9.17) is 14.7 Å². The molecule has 0 aliphatic carbocycles. The van der Waals surface area contributed by atoms with Gasteiger partial charge in [-0.05, 0) is 31.2 Å². The number of anilines is 1. The van der Waals surface area contributed by atoms with Crippen LogP contribution in [-0.2, 0) is 4.74 Å². The topological polar surface area (TPSA) is 78.7 Å². The molecule has 3 rings (SSSR count). The van der Waals surface area contributed by atoms with Gasteiger partial charge in [0.05, 0.1) is 18.2 Å². The van der Waals surface area contributed by atoms with Gasteiger partial charge in [0.2, 0.25) is 17.4 Å². The maximum Gasteiger partial charge on any atom is 0.409 e. The maximum absolute atomic E-state index is 14.9. The minimum absolute atomic E-state index is 0.0329. The largest absolute Gasteiger partial charge is 0.451 e. The number of rotatable bonds is 4. The van der Waals surface area contributed by atoms with Crippen molar-refractivity contribution in [3.8, 4) is 17.6 Å². The Morgan fingerprint density at radius 2 is 1.79 bits per heavy atom. The van der Waals surface area contributed by atoms with Crippen molar-refractivity contribution < 1.29 is 27.4 Å². The van der Waals surface area contributed by atoms with Crippen LogP contribution in [0.2, 0.25) is 0 Å². The third-order valence-electron chi connectivity index (χ3n) is 4.29. The number of hydrogen-bond acceptors (Lipinski definition) is 6. The number of aromatic nitrogens is 1. The second-order valence-electron chi connectivity index (χ2n) is 6.09. The number of carbonyl (C=O) groups is 1. The monoisotopic (exact) mass is 406 g/mol. The first kappa shape index (κ1) is 20.3. The van der Waals surface area contributed by atoms with E-state index in [-0.39, 0.29) is 38.5 Å². The van der Waals surface area contributed by atoms with E-state index in [1.54, 1.807) is 6.92 Å². The van der Waals surface area contributed by atoms with Gasteiger partial charge in [-0.3, -0.25) is 0 Å². The third-order valence-corrected chi connectivity index (χ3v) is 4.29. The van der Waals surface area contributed by atoms with Crippen LogP contribution in [-0.4, -0.2) is 48.8 Å². The van der Waals surface area contributed by atoms with E-state index in [9.17, 15) is 18.0 Å². The van der Waals surface area contributed by atoms with Crippen molar-refractivity contribution in [2.75, 3.05) is 37.7 Å². The Morgan fingerprint density at radius 3 is 2.38 bits per heavy atom. The predicted molar refractivity (Wildman–Crippen MR) is 96.2 cm³/mol. The van der Waals surface area contributed by atoms with Crippen molar-refractivity contribution in [1.29, 1.82) is 5.26 Å². The summed E-state index contributed by atoms with van der Waals surface area (Å²) in [5, 5.41) is 8.80. The van der Waals surface area contributed by atoms with Gasteiger partial charge in [0.1, 0.15) is 5.75 Å². The van der Waals surface area contributed by atoms with Crippen molar-refractivity contribution in [3.05, 3.63) is 47.4 Å². The molecule has 1 saturated heterocycles. The summed E-state index contributed by atoms with van der Waals surface area (Å²) in [6.07, 6.45) is -0.490. The van der Waals surface area contributed by atoms with Gasteiger partial charge in [0.25, 0.3) is 5.95 Å². The Labute approximate surface area is 164 Å². The predicted octanol–water partition coefficient (Wildman–Crippen LogP) is 3.44. The highest BCUT2D eigenvalue weighted by atomic mass is 19.2. The SMILES string of the molecule is CCOC(=O)N1CCN(c2nc(F)c(F)c(Oc3ccc(C#N)cc3)c2F)CC1. The normalized spacial score (nSPS) is 13.8. The maximum atomic E-state index is 14.9. The van der Waals surface area contributed by atoms with Gasteiger partial charge in [0, 0.05) is 26.2 Å². The second kappa shape index (κ2) is 8.68. The summed E-state index contributed by atoms with van der Waals surface area (Å²) in [6.45, 7) is 2.66. The standard InChI is InChI=1S/C19H17F3N4O3/c1-2-28-19(27)26-9-7-25(8-10-26)18-15(21)16(14(20)17(22)24-18)29-13-5-3-12(11-23)4-6-13/h3-6H,2,7-10H2,1H3. The zero-order valence-electron chi connectivity index (χ0n) is 15.5. The molecule has 0 radical (unpaired) electrons. The molecule has 10 heteroatoms. The summed E-state index contributed by atoms with van der Waals surface area (Å²) >= 11 is 0. The fourth-order valence-electron chi connectivity index (χ4n) is 2.81. The molecule has 1 amide bonds. The Morgan fingerprint density at radius 1 is 1.14 bits per heavy atom. The molecule has 152 valence electrons. The molecule has 1 aromatic carbocycles. The number of amides is 1. The highest BCUT2D eigenvalue weighted by Crippen LogP contribution is 2.34. The molecule has 0 bridgehead atoms. The number of ether oxygens (including phenoxy) is 2. The van der Waals surface area contributed by atoms with Crippen LogP contribution < -0.4 is 9.64 Å². The highest BCUT2D eigenvalue weighted by molar-refractivity contribution is 5.68. The average Bonchev–Trinajstić information content (AvgIpc) is 2.74. The van der Waals surface area contributed by atoms with Gasteiger partial charge in [0.15, 0.2) is 5.82 Å². The Bertz CT molecular complexity index is 939. The molecule has 1 aromatic heterocycles. The summed E-state index contributed by atoms with van der Waals surface area (Å²) in [7, 11) is 0. The first-order chi connectivity index (χ1) is 13.9. The quantitative estimate of drug-likeness (QED) is 0.724. The smallest absolute Gasteiger partial charge is 0.409 e. The number of pyridine rings is 1. The Balaban J connectivity index is 1.82. The number of piperazine rings is 1. The third kappa shape index (κ3) is 4.34. The number of nitrogens with zero attached hydrogens (tertiary/aromatic N) is 4. The number of hydrogen-bond donors (Lipinski definition) is 0. The van der Waals surface area contributed by atoms with Crippen molar-refractivity contribution in [3.63, 3.8) is 0 Å². The molecule has 0 N–H and O–H groups in total. The summed E-state index contributed by atoms with van der Waals surface area (Å²) in [6, 6.07) is 7.39. The lowest BCUT2D eigenvalue weighted by atomic mass is 10.2. The average molecular weight is 406 g/mol. The number of benzene rings is 1. The van der Waals surface area contributed by atoms with Crippen LogP contribution in [0, 0.1) is 28.9 Å². The molecule has 1 aliphatic heterocycles. The molecule has 2 heterocycles. The molecule has 29 heavy (non-hydrogen) atoms. The lowest BCUT2D eigenvalue weighted by Crippen LogP contribution is -2.49. The Kier molecular flexibility index (Phi) is 6.07. The molecule has 0 atom stereocenters. The molecule has 2 aromatic rings. The van der Waals surface area contributed by atoms with Crippen LogP contribution in [0.4, 0.5) is 23.8 Å². The first-order valence-electron chi connectivity index (χ1n) is 8.83. The van der Waals surface area contributed by atoms with E-state index in [1.807, 2.05) is 6.07 Å². The van der Waals surface area contributed by atoms with Gasteiger partial charge in [-0.1, -0.05) is 0 Å². The first-order valence-corrected chi connectivity index (χ1v) is 8.83. The summed E-state index contributed by atoms with van der Waals surface area (Å²) in [5.41, 5.74) is 0.333. The van der Waals surface area contributed by atoms with E-state index in [0.29, 0.717) is 5.56 Å². The van der Waals surface area contributed by atoms with E-state index >= 15 is 0 Å². The van der Waals surface area contributed by atoms with Gasteiger partial charge < -0.3 is 19.3 Å². The highest BCUT2D eigenvalue weighted by Gasteiger charge is 2.29. The van der Waals surface area contributed by atoms with Crippen molar-refractivity contribution in [2.24, 2.45) is 0 Å². The van der Waals surface area contributed by atoms with E-state index in [0.717, 1.165) is 0 Å². The van der Waals surface area contributed by atoms with Crippen LogP contribution in [0.5, 0.6) is 11.5 Å². The van der Waals surface area contributed by atoms with Gasteiger partial charge in [-0.2, -0.15) is 23.4 Å². The molecule has 1 fully saturated rings. The van der Waals surface area contributed by atoms with Gasteiger partial charge in [-0.15, -0.1) is 0 Å². The van der Waals surface area contributed by atoms with Crippen molar-refractivity contribution in [1.82, 2.24) is 9.88 Å². The van der Waals surface area contributed by atoms with Crippen LogP contribution in [0.15, 0.2) is 24.3 Å². The molecule has 0 unspecified atom stereocenters. The summed E-state index contributed by atoms with van der Waals surface area (Å²) < 4.78 is 53.2. The van der Waals surface area contributed by atoms with Crippen LogP contribution >= 0.6 is 0 Å². The van der Waals surface area contributed by atoms with E-state index in [2.05, 4.69) is 4.98 Å². The fraction of sp³-hybridized carbons (Fsp3) is 0.316. The van der Waals surface area contributed by atoms with E-state index in [1.165, 1.54) is 34.1 Å². The minimum atomic E-state index is -1.55. The van der Waals surface area contributed by atoms with Crippen LogP contribution in [0.25, 0.3) is 0 Å². The number of carbonyl (C=O) groups excluding carboxylic acids is 1. The summed E-state index contributed by atoms with van der Waals surface area (Å²) in [4.78, 5) is 18.0. The Hall–Kier alpha value is -3.48. The zero-order valence-corrected chi connectivity index (χ0v) is 15.5. The van der Waals surface area contributed by atoms with Crippen molar-refractivity contribution in [2.45, 2.75) is 6.92 Å². The lowest BCUT2D eigenvalue weighted by molar-refractivity contribution is 0.105. The summed E-state index contributed by atoms with van der Waals surface area (Å²) in [5.74, 6) is -5.51. The lowest BCUT2D eigenvalue weighted by Gasteiger charge is -2.34. The fourth-order valence-corrected chi connectivity index (χ4v) is 2.81. The minimum Gasteiger partial charge on any atom is -0.451 e. The van der Waals surface area contributed by atoms with Crippen LogP contribution in [0.1, 0.15) is 12.5 Å². The number of halogens is 3. The molecular weight excluding hydrogens is 389 g/mol. The molecular formula is C19H17F3N4O3. The van der Waals surface area contributed by atoms with Gasteiger partial charge in [-0.25, -0.2) is 4.79 Å². The molecule has 7 nitrogen and oxygen atoms in total. The number of nitriles is 1. The van der Waals surface area contributed by atoms with Gasteiger partial charge >= 0.3 is 6.09 Å². The zero-order chi connectivity index (χ0) is 21.0. The molecule has 1 aliphatic rings. The second-order valence-corrected chi connectivity index (χ2v) is 6.09. The molecule has 0 saturated carbocycles. The van der Waals surface area contributed by atoms with Crippen molar-refractivity contribution >= 4 is 11.9 Å². The van der Waals surface area contributed by atoms with Crippen LogP contribution in [0.3, 0.4) is 0 Å². The van der Waals surface area contributed by atoms with E-state index < -0.39 is 35.2 Å². The molecule has 0 spiro atoms.